The number of hydrogen-bond donors (Lipinski definition) is 1. The maximum Gasteiger partial charge on any atom is 0.446 e. The van der Waals surface area contributed by atoms with Gasteiger partial charge < -0.3 is 4.90 Å². The number of pyridine rings is 1. The van der Waals surface area contributed by atoms with Crippen molar-refractivity contribution in [1.29, 1.82) is 0 Å². The monoisotopic (exact) mass is 556 g/mol. The molecule has 14 heteroatoms. The molecule has 1 saturated heterocycles. The van der Waals surface area contributed by atoms with Crippen LogP contribution in [0.25, 0.3) is 0 Å². The van der Waals surface area contributed by atoms with Gasteiger partial charge >= 0.3 is 11.5 Å². The number of hydrogen-bond acceptors (Lipinski definition) is 7. The number of benzene rings is 1. The van der Waals surface area contributed by atoms with Crippen molar-refractivity contribution in [2.45, 2.75) is 40.5 Å². The standard InChI is InChI=1S/C22H19F3N4O4S3/c1-21(2)19(30)29(15-5-7-16(8-6-15)35-22(23,24)25)20(31)28(21)13-14-9-10-26-12-17(14)27-36(32,33)18-4-3-11-34-18/h3-12,27H,13H2,1-2H3. The van der Waals surface area contributed by atoms with Gasteiger partial charge in [0.1, 0.15) is 9.75 Å². The van der Waals surface area contributed by atoms with Crippen LogP contribution in [0.1, 0.15) is 19.4 Å². The Balaban J connectivity index is 1.60. The zero-order valence-electron chi connectivity index (χ0n) is 18.8. The van der Waals surface area contributed by atoms with E-state index in [0.29, 0.717) is 5.56 Å². The van der Waals surface area contributed by atoms with Crippen molar-refractivity contribution in [1.82, 2.24) is 9.88 Å². The van der Waals surface area contributed by atoms with E-state index in [0.717, 1.165) is 16.2 Å². The first-order valence-corrected chi connectivity index (χ1v) is 13.5. The first-order chi connectivity index (χ1) is 16.8. The number of urea groups is 1. The van der Waals surface area contributed by atoms with Gasteiger partial charge in [-0.2, -0.15) is 13.2 Å². The van der Waals surface area contributed by atoms with Crippen LogP contribution in [0.15, 0.2) is 69.3 Å². The molecule has 3 heterocycles. The van der Waals surface area contributed by atoms with Crippen LogP contribution >= 0.6 is 23.1 Å². The molecule has 190 valence electrons. The predicted molar refractivity (Wildman–Crippen MR) is 130 cm³/mol. The first kappa shape index (κ1) is 26.0. The van der Waals surface area contributed by atoms with Crippen LogP contribution in [0.4, 0.5) is 29.3 Å². The molecule has 0 spiro atoms. The molecule has 1 fully saturated rings. The number of halogens is 3. The van der Waals surface area contributed by atoms with Gasteiger partial charge in [0.05, 0.1) is 24.1 Å². The van der Waals surface area contributed by atoms with Crippen molar-refractivity contribution in [3.8, 4) is 0 Å². The molecule has 4 rings (SSSR count). The third kappa shape index (κ3) is 5.20. The Labute approximate surface area is 213 Å². The van der Waals surface area contributed by atoms with Crippen LogP contribution in [0.3, 0.4) is 0 Å². The number of nitrogens with one attached hydrogen (secondary N) is 1. The van der Waals surface area contributed by atoms with Gasteiger partial charge in [-0.3, -0.25) is 14.5 Å². The fourth-order valence-electron chi connectivity index (χ4n) is 3.56. The van der Waals surface area contributed by atoms with Gasteiger partial charge in [-0.05, 0) is 73.0 Å². The van der Waals surface area contributed by atoms with Gasteiger partial charge in [0.25, 0.3) is 15.9 Å². The highest BCUT2D eigenvalue weighted by Crippen LogP contribution is 2.39. The Bertz CT molecular complexity index is 1390. The van der Waals surface area contributed by atoms with Crippen LogP contribution < -0.4 is 9.62 Å². The molecular weight excluding hydrogens is 537 g/mol. The number of rotatable bonds is 7. The Hall–Kier alpha value is -3.10. The number of thiophene rings is 1. The number of carbonyl (C=O) groups is 2. The molecular formula is C22H19F3N4O4S3. The molecule has 0 saturated carbocycles. The van der Waals surface area contributed by atoms with Gasteiger partial charge in [-0.25, -0.2) is 18.1 Å². The lowest BCUT2D eigenvalue weighted by molar-refractivity contribution is -0.123. The van der Waals surface area contributed by atoms with E-state index in [1.807, 2.05) is 0 Å². The summed E-state index contributed by atoms with van der Waals surface area (Å²) in [6, 6.07) is 8.81. The summed E-state index contributed by atoms with van der Waals surface area (Å²) in [5.41, 5.74) is -5.11. The second-order valence-electron chi connectivity index (χ2n) is 8.18. The molecule has 1 aromatic carbocycles. The number of carbonyl (C=O) groups excluding carboxylic acids is 2. The number of sulfonamides is 1. The lowest BCUT2D eigenvalue weighted by atomic mass is 10.0. The Morgan fingerprint density at radius 1 is 1.11 bits per heavy atom. The minimum Gasteiger partial charge on any atom is -0.305 e. The van der Waals surface area contributed by atoms with Gasteiger partial charge in [-0.15, -0.1) is 11.3 Å². The second kappa shape index (κ2) is 9.41. The molecule has 0 atom stereocenters. The molecule has 0 aliphatic carbocycles. The average Bonchev–Trinajstić information content (AvgIpc) is 3.39. The van der Waals surface area contributed by atoms with E-state index in [1.54, 1.807) is 11.4 Å². The van der Waals surface area contributed by atoms with Crippen LogP contribution in [-0.4, -0.2) is 41.3 Å². The molecule has 3 aromatic rings. The van der Waals surface area contributed by atoms with Crippen LogP contribution in [0.5, 0.6) is 0 Å². The largest absolute Gasteiger partial charge is 0.446 e. The third-order valence-electron chi connectivity index (χ3n) is 5.40. The van der Waals surface area contributed by atoms with Crippen molar-refractivity contribution >= 4 is 56.4 Å². The van der Waals surface area contributed by atoms with Gasteiger partial charge in [-0.1, -0.05) is 6.07 Å². The topological polar surface area (TPSA) is 99.7 Å². The Kier molecular flexibility index (Phi) is 6.79. The summed E-state index contributed by atoms with van der Waals surface area (Å²) < 4.78 is 65.9. The van der Waals surface area contributed by atoms with E-state index in [1.165, 1.54) is 67.5 Å². The summed E-state index contributed by atoms with van der Waals surface area (Å²) in [6.07, 6.45) is 2.74. The number of aromatic nitrogens is 1. The second-order valence-corrected chi connectivity index (χ2v) is 12.2. The van der Waals surface area contributed by atoms with Crippen LogP contribution in [0, 0.1) is 0 Å². The highest BCUT2D eigenvalue weighted by Gasteiger charge is 2.52. The van der Waals surface area contributed by atoms with Gasteiger partial charge in [0.15, 0.2) is 0 Å². The number of anilines is 2. The van der Waals surface area contributed by atoms with Crippen molar-refractivity contribution in [2.24, 2.45) is 0 Å². The summed E-state index contributed by atoms with van der Waals surface area (Å²) in [6.45, 7) is 2.95. The fourth-order valence-corrected chi connectivity index (χ4v) is 6.18. The molecule has 1 N–H and O–H groups in total. The average molecular weight is 557 g/mol. The highest BCUT2D eigenvalue weighted by atomic mass is 32.2. The van der Waals surface area contributed by atoms with E-state index >= 15 is 0 Å². The molecule has 3 amide bonds. The van der Waals surface area contributed by atoms with Crippen molar-refractivity contribution in [3.05, 3.63) is 65.8 Å². The molecule has 1 aliphatic heterocycles. The molecule has 0 unspecified atom stereocenters. The summed E-state index contributed by atoms with van der Waals surface area (Å²) in [4.78, 5) is 32.6. The quantitative estimate of drug-likeness (QED) is 0.313. The number of alkyl halides is 3. The maximum absolute atomic E-state index is 13.3. The van der Waals surface area contributed by atoms with E-state index in [2.05, 4.69) is 9.71 Å². The normalized spacial score (nSPS) is 16.0. The minimum absolute atomic E-state index is 0.0825. The number of nitrogens with zero attached hydrogens (tertiary/aromatic N) is 3. The SMILES string of the molecule is CC1(C)C(=O)N(c2ccc(SC(F)(F)F)cc2)C(=O)N1Cc1ccncc1NS(=O)(=O)c1cccs1. The summed E-state index contributed by atoms with van der Waals surface area (Å²) >= 11 is 0.740. The summed E-state index contributed by atoms with van der Waals surface area (Å²) in [5.74, 6) is -0.571. The van der Waals surface area contributed by atoms with E-state index < -0.39 is 33.0 Å². The van der Waals surface area contributed by atoms with Crippen molar-refractivity contribution in [2.75, 3.05) is 9.62 Å². The smallest absolute Gasteiger partial charge is 0.305 e. The van der Waals surface area contributed by atoms with Crippen molar-refractivity contribution in [3.63, 3.8) is 0 Å². The number of imide groups is 1. The van der Waals surface area contributed by atoms with Gasteiger partial charge in [0.2, 0.25) is 0 Å². The Morgan fingerprint density at radius 2 is 1.81 bits per heavy atom. The van der Waals surface area contributed by atoms with Gasteiger partial charge in [0, 0.05) is 11.1 Å². The summed E-state index contributed by atoms with van der Waals surface area (Å²) in [5, 5.41) is 1.62. The Morgan fingerprint density at radius 3 is 2.42 bits per heavy atom. The predicted octanol–water partition coefficient (Wildman–Crippen LogP) is 5.30. The zero-order valence-corrected chi connectivity index (χ0v) is 21.3. The maximum atomic E-state index is 13.3. The molecule has 1 aliphatic rings. The molecule has 36 heavy (non-hydrogen) atoms. The number of thioether (sulfide) groups is 1. The summed E-state index contributed by atoms with van der Waals surface area (Å²) in [7, 11) is -3.88. The zero-order chi connectivity index (χ0) is 26.3. The van der Waals surface area contributed by atoms with Crippen LogP contribution in [0.2, 0.25) is 0 Å². The minimum atomic E-state index is -4.47. The fraction of sp³-hybridized carbons (Fsp3) is 0.227. The lowest BCUT2D eigenvalue weighted by Crippen LogP contribution is -2.43. The van der Waals surface area contributed by atoms with E-state index in [9.17, 15) is 31.2 Å². The van der Waals surface area contributed by atoms with Crippen molar-refractivity contribution < 1.29 is 31.2 Å². The molecule has 0 radical (unpaired) electrons. The highest BCUT2D eigenvalue weighted by molar-refractivity contribution is 8.00. The van der Waals surface area contributed by atoms with Crippen LogP contribution in [-0.2, 0) is 21.4 Å². The number of amides is 3. The van der Waals surface area contributed by atoms with E-state index in [4.69, 9.17) is 0 Å². The molecule has 0 bridgehead atoms. The third-order valence-corrected chi connectivity index (χ3v) is 8.90. The molecule has 2 aromatic heterocycles. The van der Waals surface area contributed by atoms with E-state index in [-0.39, 0.29) is 38.8 Å². The lowest BCUT2D eigenvalue weighted by Gasteiger charge is -2.28. The molecule has 8 nitrogen and oxygen atoms in total. The first-order valence-electron chi connectivity index (χ1n) is 10.3.